The van der Waals surface area contributed by atoms with E-state index in [9.17, 15) is 5.11 Å². The van der Waals surface area contributed by atoms with Crippen molar-refractivity contribution in [2.24, 2.45) is 11.3 Å². The Balaban J connectivity index is 1.84. The maximum absolute atomic E-state index is 10.9. The molecule has 1 aromatic rings. The molecule has 0 saturated heterocycles. The molecule has 0 aliphatic heterocycles. The van der Waals surface area contributed by atoms with E-state index in [-0.39, 0.29) is 11.5 Å². The largest absolute Gasteiger partial charge is 0.388 e. The van der Waals surface area contributed by atoms with Gasteiger partial charge in [-0.15, -0.1) is 0 Å². The van der Waals surface area contributed by atoms with Gasteiger partial charge in [0.2, 0.25) is 0 Å². The first-order valence-corrected chi connectivity index (χ1v) is 8.38. The number of fused-ring (bicyclic) bond motifs is 1. The second-order valence-corrected chi connectivity index (χ2v) is 7.52. The van der Waals surface area contributed by atoms with Crippen molar-refractivity contribution >= 4 is 0 Å². The highest BCUT2D eigenvalue weighted by atomic mass is 16.3. The fraction of sp³-hybridized carbons (Fsp3) is 0.684. The maximum atomic E-state index is 10.9. The van der Waals surface area contributed by atoms with Crippen molar-refractivity contribution in [3.63, 3.8) is 0 Å². The molecule has 2 aliphatic carbocycles. The predicted molar refractivity (Wildman–Crippen MR) is 83.8 cm³/mol. The fourth-order valence-electron chi connectivity index (χ4n) is 4.28. The van der Waals surface area contributed by atoms with Crippen LogP contribution in [0.25, 0.3) is 0 Å². The second kappa shape index (κ2) is 5.52. The lowest BCUT2D eigenvalue weighted by molar-refractivity contribution is 0.00380. The summed E-state index contributed by atoms with van der Waals surface area (Å²) in [6, 6.07) is 6.74. The summed E-state index contributed by atoms with van der Waals surface area (Å²) in [6.45, 7) is 4.66. The summed E-state index contributed by atoms with van der Waals surface area (Å²) in [7, 11) is 0. The molecule has 2 aliphatic rings. The van der Waals surface area contributed by atoms with Gasteiger partial charge in [-0.1, -0.05) is 44.9 Å². The van der Waals surface area contributed by atoms with E-state index in [1.165, 1.54) is 62.5 Å². The van der Waals surface area contributed by atoms with Gasteiger partial charge in [0.25, 0.3) is 0 Å². The summed E-state index contributed by atoms with van der Waals surface area (Å²) >= 11 is 0. The van der Waals surface area contributed by atoms with Crippen LogP contribution in [0.2, 0.25) is 0 Å². The Morgan fingerprint density at radius 1 is 1.05 bits per heavy atom. The molecule has 0 spiro atoms. The number of aliphatic hydroxyl groups excluding tert-OH is 1. The minimum absolute atomic E-state index is 0.271. The molecule has 0 heterocycles. The lowest BCUT2D eigenvalue weighted by atomic mass is 9.65. The number of hydrogen-bond acceptors (Lipinski definition) is 1. The van der Waals surface area contributed by atoms with Gasteiger partial charge in [0.1, 0.15) is 0 Å². The minimum atomic E-state index is -0.280. The van der Waals surface area contributed by atoms with Crippen LogP contribution in [0.1, 0.15) is 75.2 Å². The first-order chi connectivity index (χ1) is 9.58. The zero-order valence-electron chi connectivity index (χ0n) is 13.0. The van der Waals surface area contributed by atoms with E-state index in [1.807, 2.05) is 0 Å². The molecule has 1 heteroatoms. The SMILES string of the molecule is CC1(C)CCCCC1C(O)c1ccc2c(c1)CCCC2. The highest BCUT2D eigenvalue weighted by Gasteiger charge is 2.37. The second-order valence-electron chi connectivity index (χ2n) is 7.52. The first kappa shape index (κ1) is 14.1. The van der Waals surface area contributed by atoms with E-state index in [0.29, 0.717) is 5.92 Å². The fourth-order valence-corrected chi connectivity index (χ4v) is 4.28. The molecule has 0 aromatic heterocycles. The molecular weight excluding hydrogens is 244 g/mol. The molecule has 3 rings (SSSR count). The van der Waals surface area contributed by atoms with Crippen molar-refractivity contribution in [3.05, 3.63) is 34.9 Å². The van der Waals surface area contributed by atoms with Gasteiger partial charge < -0.3 is 5.11 Å². The number of hydrogen-bond donors (Lipinski definition) is 1. The van der Waals surface area contributed by atoms with Crippen molar-refractivity contribution in [3.8, 4) is 0 Å². The van der Waals surface area contributed by atoms with Crippen LogP contribution in [0.3, 0.4) is 0 Å². The third kappa shape index (κ3) is 2.65. The topological polar surface area (TPSA) is 20.2 Å². The normalized spacial score (nSPS) is 26.9. The van der Waals surface area contributed by atoms with Crippen LogP contribution in [-0.4, -0.2) is 5.11 Å². The van der Waals surface area contributed by atoms with Crippen LogP contribution in [0.4, 0.5) is 0 Å². The van der Waals surface area contributed by atoms with Gasteiger partial charge >= 0.3 is 0 Å². The molecule has 0 radical (unpaired) electrons. The van der Waals surface area contributed by atoms with Gasteiger partial charge in [-0.3, -0.25) is 0 Å². The number of benzene rings is 1. The maximum Gasteiger partial charge on any atom is 0.0823 e. The summed E-state index contributed by atoms with van der Waals surface area (Å²) in [5.74, 6) is 0.415. The standard InChI is InChI=1S/C19H28O/c1-19(2)12-6-5-9-17(19)18(20)16-11-10-14-7-3-4-8-15(14)13-16/h10-11,13,17-18,20H,3-9,12H2,1-2H3. The number of aliphatic hydroxyl groups is 1. The summed E-state index contributed by atoms with van der Waals surface area (Å²) in [5, 5.41) is 10.9. The molecule has 110 valence electrons. The lowest BCUT2D eigenvalue weighted by Gasteiger charge is -2.41. The third-order valence-corrected chi connectivity index (χ3v) is 5.69. The molecule has 1 N–H and O–H groups in total. The molecule has 2 atom stereocenters. The summed E-state index contributed by atoms with van der Waals surface area (Å²) < 4.78 is 0. The van der Waals surface area contributed by atoms with E-state index in [2.05, 4.69) is 32.0 Å². The Morgan fingerprint density at radius 2 is 1.80 bits per heavy atom. The van der Waals surface area contributed by atoms with Crippen LogP contribution in [0, 0.1) is 11.3 Å². The van der Waals surface area contributed by atoms with Crippen LogP contribution in [-0.2, 0) is 12.8 Å². The molecule has 20 heavy (non-hydrogen) atoms. The van der Waals surface area contributed by atoms with E-state index in [1.54, 1.807) is 0 Å². The lowest BCUT2D eigenvalue weighted by Crippen LogP contribution is -2.32. The molecule has 0 bridgehead atoms. The van der Waals surface area contributed by atoms with Crippen LogP contribution in [0.15, 0.2) is 18.2 Å². The van der Waals surface area contributed by atoms with Crippen LogP contribution in [0.5, 0.6) is 0 Å². The number of rotatable bonds is 2. The third-order valence-electron chi connectivity index (χ3n) is 5.69. The summed E-state index contributed by atoms with van der Waals surface area (Å²) in [6.07, 6.45) is 9.79. The summed E-state index contributed by atoms with van der Waals surface area (Å²) in [5.41, 5.74) is 4.43. The minimum Gasteiger partial charge on any atom is -0.388 e. The van der Waals surface area contributed by atoms with Gasteiger partial charge in [-0.05, 0) is 66.5 Å². The van der Waals surface area contributed by atoms with E-state index >= 15 is 0 Å². The van der Waals surface area contributed by atoms with Crippen molar-refractivity contribution in [1.29, 1.82) is 0 Å². The van der Waals surface area contributed by atoms with E-state index in [0.717, 1.165) is 5.56 Å². The zero-order chi connectivity index (χ0) is 14.2. The molecule has 0 amide bonds. The molecule has 2 unspecified atom stereocenters. The van der Waals surface area contributed by atoms with Crippen molar-refractivity contribution in [1.82, 2.24) is 0 Å². The average molecular weight is 272 g/mol. The Morgan fingerprint density at radius 3 is 2.55 bits per heavy atom. The van der Waals surface area contributed by atoms with E-state index < -0.39 is 0 Å². The molecule has 1 nitrogen and oxygen atoms in total. The summed E-state index contributed by atoms with van der Waals surface area (Å²) in [4.78, 5) is 0. The monoisotopic (exact) mass is 272 g/mol. The molecule has 1 saturated carbocycles. The highest BCUT2D eigenvalue weighted by Crippen LogP contribution is 2.47. The smallest absolute Gasteiger partial charge is 0.0823 e. The number of aryl methyl sites for hydroxylation is 2. The van der Waals surface area contributed by atoms with Crippen molar-refractivity contribution in [2.75, 3.05) is 0 Å². The highest BCUT2D eigenvalue weighted by molar-refractivity contribution is 5.35. The van der Waals surface area contributed by atoms with Gasteiger partial charge in [-0.2, -0.15) is 0 Å². The Bertz CT molecular complexity index is 475. The molecular formula is C19H28O. The Labute approximate surface area is 123 Å². The van der Waals surface area contributed by atoms with Gasteiger partial charge in [0.15, 0.2) is 0 Å². The first-order valence-electron chi connectivity index (χ1n) is 8.38. The van der Waals surface area contributed by atoms with Gasteiger partial charge in [-0.25, -0.2) is 0 Å². The molecule has 1 fully saturated rings. The predicted octanol–water partition coefficient (Wildman–Crippen LogP) is 4.82. The molecule has 1 aromatic carbocycles. The van der Waals surface area contributed by atoms with Crippen LogP contribution < -0.4 is 0 Å². The van der Waals surface area contributed by atoms with E-state index in [4.69, 9.17) is 0 Å². The van der Waals surface area contributed by atoms with Crippen molar-refractivity contribution < 1.29 is 5.11 Å². The Kier molecular flexibility index (Phi) is 3.90. The zero-order valence-corrected chi connectivity index (χ0v) is 13.0. The van der Waals surface area contributed by atoms with Gasteiger partial charge in [0, 0.05) is 0 Å². The quantitative estimate of drug-likeness (QED) is 0.818. The van der Waals surface area contributed by atoms with Crippen molar-refractivity contribution in [2.45, 2.75) is 71.3 Å². The van der Waals surface area contributed by atoms with Gasteiger partial charge in [0.05, 0.1) is 6.10 Å². The Hall–Kier alpha value is -0.820. The van der Waals surface area contributed by atoms with Crippen LogP contribution >= 0.6 is 0 Å². The average Bonchev–Trinajstić information content (AvgIpc) is 2.45.